The predicted molar refractivity (Wildman–Crippen MR) is 71.4 cm³/mol. The summed E-state index contributed by atoms with van der Waals surface area (Å²) in [4.78, 5) is 0. The Bertz CT molecular complexity index is 592. The summed E-state index contributed by atoms with van der Waals surface area (Å²) in [6.45, 7) is 9.20. The van der Waals surface area contributed by atoms with Crippen LogP contribution in [0.2, 0.25) is 5.15 Å². The van der Waals surface area contributed by atoms with Gasteiger partial charge in [-0.1, -0.05) is 23.3 Å². The molecule has 2 rings (SSSR count). The van der Waals surface area contributed by atoms with Crippen molar-refractivity contribution in [2.75, 3.05) is 0 Å². The maximum atomic E-state index is 6.15. The quantitative estimate of drug-likeness (QED) is 0.761. The van der Waals surface area contributed by atoms with Crippen LogP contribution < -0.4 is 0 Å². The monoisotopic (exact) mass is 249 g/mol. The summed E-state index contributed by atoms with van der Waals surface area (Å²) in [6.07, 6.45) is 3.96. The Labute approximate surface area is 106 Å². The third-order valence-electron chi connectivity index (χ3n) is 3.09. The van der Waals surface area contributed by atoms with Crippen molar-refractivity contribution in [1.29, 1.82) is 0 Å². The minimum Gasteiger partial charge on any atom is -0.338 e. The fourth-order valence-corrected chi connectivity index (χ4v) is 2.20. The highest BCUT2D eigenvalue weighted by atomic mass is 35.5. The molecule has 0 unspecified atom stereocenters. The summed E-state index contributed by atoms with van der Waals surface area (Å²) in [5.41, 5.74) is 4.71. The molecule has 0 aliphatic carbocycles. The zero-order valence-corrected chi connectivity index (χ0v) is 11.3. The molecule has 0 bridgehead atoms. The van der Waals surface area contributed by atoms with E-state index in [-0.39, 0.29) is 0 Å². The molecule has 4 heteroatoms. The largest absolute Gasteiger partial charge is 0.338 e. The second kappa shape index (κ2) is 4.49. The molecule has 0 saturated carbocycles. The van der Waals surface area contributed by atoms with Crippen molar-refractivity contribution < 1.29 is 0 Å². The van der Waals surface area contributed by atoms with Crippen LogP contribution >= 0.6 is 11.6 Å². The van der Waals surface area contributed by atoms with Gasteiger partial charge in [0.1, 0.15) is 0 Å². The third-order valence-corrected chi connectivity index (χ3v) is 3.34. The van der Waals surface area contributed by atoms with E-state index < -0.39 is 0 Å². The van der Waals surface area contributed by atoms with Crippen LogP contribution in [0.25, 0.3) is 10.9 Å². The number of allylic oxidation sites excluding steroid dienone is 2. The van der Waals surface area contributed by atoms with Gasteiger partial charge >= 0.3 is 0 Å². The molecule has 0 N–H and O–H groups in total. The smallest absolute Gasteiger partial charge is 0.175 e. The average molecular weight is 250 g/mol. The van der Waals surface area contributed by atoms with E-state index in [4.69, 9.17) is 11.6 Å². The van der Waals surface area contributed by atoms with Gasteiger partial charge in [-0.3, -0.25) is 0 Å². The highest BCUT2D eigenvalue weighted by Gasteiger charge is 2.13. The molecular weight excluding hydrogens is 234 g/mol. The number of halogens is 1. The number of aryl methyl sites for hydroxylation is 1. The number of nitrogens with zero attached hydrogens (tertiary/aromatic N) is 3. The van der Waals surface area contributed by atoms with E-state index in [2.05, 4.69) is 48.5 Å². The average Bonchev–Trinajstić information content (AvgIpc) is 2.52. The molecule has 0 atom stereocenters. The number of aromatic nitrogens is 3. The lowest BCUT2D eigenvalue weighted by Gasteiger charge is -2.06. The van der Waals surface area contributed by atoms with Crippen LogP contribution in [0.4, 0.5) is 0 Å². The van der Waals surface area contributed by atoms with Crippen LogP contribution in [0, 0.1) is 13.8 Å². The molecule has 2 aromatic heterocycles. The molecule has 17 heavy (non-hydrogen) atoms. The van der Waals surface area contributed by atoms with E-state index in [0.717, 1.165) is 17.4 Å². The summed E-state index contributed by atoms with van der Waals surface area (Å²) in [5.74, 6) is 0. The molecule has 2 heterocycles. The second-order valence-corrected chi connectivity index (χ2v) is 4.86. The van der Waals surface area contributed by atoms with Gasteiger partial charge in [0.25, 0.3) is 0 Å². The van der Waals surface area contributed by atoms with Gasteiger partial charge in [-0.25, -0.2) is 0 Å². The maximum Gasteiger partial charge on any atom is 0.175 e. The van der Waals surface area contributed by atoms with E-state index >= 15 is 0 Å². The summed E-state index contributed by atoms with van der Waals surface area (Å²) in [6, 6.07) is 0. The third kappa shape index (κ3) is 2.07. The van der Waals surface area contributed by atoms with E-state index in [0.29, 0.717) is 5.15 Å². The van der Waals surface area contributed by atoms with Gasteiger partial charge in [-0.15, -0.1) is 5.10 Å². The standard InChI is InChI=1S/C13H16ClN3/c1-8(2)5-6-17-10(4)9(3)11-7-15-16-13(14)12(11)17/h5,7H,6H2,1-4H3. The molecule has 0 aromatic carbocycles. The van der Waals surface area contributed by atoms with Gasteiger partial charge < -0.3 is 4.57 Å². The van der Waals surface area contributed by atoms with Crippen molar-refractivity contribution in [3.63, 3.8) is 0 Å². The predicted octanol–water partition coefficient (Wildman–Crippen LogP) is 3.67. The molecule has 2 aromatic rings. The fraction of sp³-hybridized carbons (Fsp3) is 0.385. The normalized spacial score (nSPS) is 10.9. The number of rotatable bonds is 2. The van der Waals surface area contributed by atoms with Crippen LogP contribution in [-0.2, 0) is 6.54 Å². The van der Waals surface area contributed by atoms with E-state index in [1.807, 2.05) is 0 Å². The van der Waals surface area contributed by atoms with Gasteiger partial charge in [0.05, 0.1) is 11.7 Å². The minimum atomic E-state index is 0.473. The SMILES string of the molecule is CC(C)=CCn1c(C)c(C)c2cnnc(Cl)c21. The lowest BCUT2D eigenvalue weighted by Crippen LogP contribution is -1.99. The van der Waals surface area contributed by atoms with Crippen molar-refractivity contribution >= 4 is 22.5 Å². The Morgan fingerprint density at radius 3 is 2.76 bits per heavy atom. The van der Waals surface area contributed by atoms with Gasteiger partial charge in [-0.05, 0) is 33.3 Å². The van der Waals surface area contributed by atoms with Crippen LogP contribution in [0.15, 0.2) is 17.8 Å². The fourth-order valence-electron chi connectivity index (χ4n) is 1.96. The van der Waals surface area contributed by atoms with Crippen molar-refractivity contribution in [3.8, 4) is 0 Å². The molecular formula is C13H16ClN3. The zero-order chi connectivity index (χ0) is 12.6. The van der Waals surface area contributed by atoms with E-state index in [9.17, 15) is 0 Å². The van der Waals surface area contributed by atoms with Crippen LogP contribution in [0.1, 0.15) is 25.1 Å². The maximum absolute atomic E-state index is 6.15. The van der Waals surface area contributed by atoms with Gasteiger partial charge in [0.2, 0.25) is 0 Å². The summed E-state index contributed by atoms with van der Waals surface area (Å²) >= 11 is 6.15. The number of fused-ring (bicyclic) bond motifs is 1. The molecule has 0 fully saturated rings. The van der Waals surface area contributed by atoms with Gasteiger partial charge in [0, 0.05) is 17.6 Å². The molecule has 0 saturated heterocycles. The number of hydrogen-bond donors (Lipinski definition) is 0. The lowest BCUT2D eigenvalue weighted by molar-refractivity contribution is 0.814. The molecule has 0 spiro atoms. The summed E-state index contributed by atoms with van der Waals surface area (Å²) in [7, 11) is 0. The first-order chi connectivity index (χ1) is 8.02. The van der Waals surface area contributed by atoms with E-state index in [1.165, 1.54) is 16.8 Å². The summed E-state index contributed by atoms with van der Waals surface area (Å²) < 4.78 is 2.19. The molecule has 0 amide bonds. The van der Waals surface area contributed by atoms with Crippen LogP contribution in [-0.4, -0.2) is 14.8 Å². The van der Waals surface area contributed by atoms with Crippen LogP contribution in [0.3, 0.4) is 0 Å². The van der Waals surface area contributed by atoms with E-state index in [1.54, 1.807) is 6.20 Å². The molecule has 90 valence electrons. The van der Waals surface area contributed by atoms with Crippen LogP contribution in [0.5, 0.6) is 0 Å². The second-order valence-electron chi connectivity index (χ2n) is 4.50. The Kier molecular flexibility index (Phi) is 3.20. The molecule has 3 nitrogen and oxygen atoms in total. The van der Waals surface area contributed by atoms with Gasteiger partial charge in [-0.2, -0.15) is 5.10 Å². The highest BCUT2D eigenvalue weighted by molar-refractivity contribution is 6.33. The molecule has 0 radical (unpaired) electrons. The first-order valence-corrected chi connectivity index (χ1v) is 6.00. The Balaban J connectivity index is 2.69. The minimum absolute atomic E-state index is 0.473. The van der Waals surface area contributed by atoms with Crippen molar-refractivity contribution in [2.45, 2.75) is 34.2 Å². The highest BCUT2D eigenvalue weighted by Crippen LogP contribution is 2.28. The first-order valence-electron chi connectivity index (χ1n) is 5.62. The van der Waals surface area contributed by atoms with Gasteiger partial charge in [0.15, 0.2) is 5.15 Å². The van der Waals surface area contributed by atoms with Crippen molar-refractivity contribution in [3.05, 3.63) is 34.3 Å². The molecule has 0 aliphatic rings. The lowest BCUT2D eigenvalue weighted by atomic mass is 10.2. The number of hydrogen-bond acceptors (Lipinski definition) is 2. The summed E-state index contributed by atoms with van der Waals surface area (Å²) in [5, 5.41) is 9.40. The van der Waals surface area contributed by atoms with Crippen molar-refractivity contribution in [1.82, 2.24) is 14.8 Å². The Hall–Kier alpha value is -1.35. The topological polar surface area (TPSA) is 30.7 Å². The first kappa shape index (κ1) is 12.1. The zero-order valence-electron chi connectivity index (χ0n) is 10.6. The Morgan fingerprint density at radius 1 is 1.41 bits per heavy atom. The Morgan fingerprint density at radius 2 is 2.12 bits per heavy atom. The van der Waals surface area contributed by atoms with Crippen molar-refractivity contribution in [2.24, 2.45) is 0 Å². The molecule has 0 aliphatic heterocycles.